The molecule has 5 rings (SSSR count). The zero-order valence-corrected chi connectivity index (χ0v) is 25.7. The van der Waals surface area contributed by atoms with Gasteiger partial charge in [-0.2, -0.15) is 0 Å². The summed E-state index contributed by atoms with van der Waals surface area (Å²) in [6, 6.07) is 10.3. The van der Waals surface area contributed by atoms with Crippen LogP contribution in [0, 0.1) is 12.8 Å². The number of nitrogens with one attached hydrogen (secondary N) is 1. The summed E-state index contributed by atoms with van der Waals surface area (Å²) in [5.74, 6) is -1.40. The molecule has 11 heteroatoms. The van der Waals surface area contributed by atoms with Crippen molar-refractivity contribution in [3.63, 3.8) is 0 Å². The fraction of sp³-hybridized carbons (Fsp3) is 0.438. The van der Waals surface area contributed by atoms with Gasteiger partial charge in [-0.05, 0) is 56.0 Å². The molecule has 2 N–H and O–H groups in total. The van der Waals surface area contributed by atoms with Crippen LogP contribution >= 0.6 is 11.3 Å². The number of halogens is 1. The maximum atomic E-state index is 15.8. The van der Waals surface area contributed by atoms with Gasteiger partial charge in [-0.1, -0.05) is 38.1 Å². The van der Waals surface area contributed by atoms with Crippen molar-refractivity contribution in [3.05, 3.63) is 70.4 Å². The Morgan fingerprint density at radius 2 is 1.91 bits per heavy atom. The topological polar surface area (TPSA) is 112 Å². The number of carbonyl (C=O) groups is 3. The number of carbonyl (C=O) groups excluding carboxylic acids is 3. The number of amides is 3. The summed E-state index contributed by atoms with van der Waals surface area (Å²) in [6.07, 6.45) is -3.17. The number of hydrogen-bond acceptors (Lipinski definition) is 7. The molecule has 1 saturated heterocycles. The number of thiazole rings is 1. The molecule has 0 saturated carbocycles. The van der Waals surface area contributed by atoms with E-state index in [4.69, 9.17) is 4.74 Å². The molecule has 3 aromatic rings. The van der Waals surface area contributed by atoms with E-state index in [1.165, 1.54) is 21.1 Å². The molecule has 0 radical (unpaired) electrons. The van der Waals surface area contributed by atoms with E-state index >= 15 is 4.39 Å². The molecular formula is C32H37FN4O5S. The van der Waals surface area contributed by atoms with Gasteiger partial charge in [0.15, 0.2) is 0 Å². The molecule has 4 unspecified atom stereocenters. The highest BCUT2D eigenvalue weighted by molar-refractivity contribution is 7.13. The first kappa shape index (κ1) is 30.6. The van der Waals surface area contributed by atoms with Crippen LogP contribution in [0.4, 0.5) is 4.39 Å². The molecule has 2 aliphatic rings. The van der Waals surface area contributed by atoms with Crippen molar-refractivity contribution in [3.8, 4) is 16.2 Å². The van der Waals surface area contributed by atoms with Crippen LogP contribution in [0.5, 0.6) is 5.75 Å². The van der Waals surface area contributed by atoms with Gasteiger partial charge < -0.3 is 25.0 Å². The summed E-state index contributed by atoms with van der Waals surface area (Å²) in [7, 11) is 0. The van der Waals surface area contributed by atoms with Crippen LogP contribution in [0.3, 0.4) is 0 Å². The third-order valence-electron chi connectivity index (χ3n) is 7.86. The minimum absolute atomic E-state index is 0.0395. The zero-order valence-electron chi connectivity index (χ0n) is 24.9. The summed E-state index contributed by atoms with van der Waals surface area (Å²) >= 11 is 1.47. The van der Waals surface area contributed by atoms with Crippen molar-refractivity contribution in [1.82, 2.24) is 20.1 Å². The minimum atomic E-state index is -1.93. The van der Waals surface area contributed by atoms with Gasteiger partial charge >= 0.3 is 0 Å². The highest BCUT2D eigenvalue weighted by Crippen LogP contribution is 2.36. The molecular weight excluding hydrogens is 571 g/mol. The van der Waals surface area contributed by atoms with Gasteiger partial charge in [-0.25, -0.2) is 9.37 Å². The molecule has 1 fully saturated rings. The Hall–Kier alpha value is -3.83. The number of aromatic nitrogens is 1. The Kier molecular flexibility index (Phi) is 8.84. The van der Waals surface area contributed by atoms with Crippen molar-refractivity contribution in [2.75, 3.05) is 6.54 Å². The van der Waals surface area contributed by atoms with Crippen LogP contribution in [-0.4, -0.2) is 68.4 Å². The number of aliphatic hydroxyl groups excluding tert-OH is 1. The predicted octanol–water partition coefficient (Wildman–Crippen LogP) is 4.63. The average Bonchev–Trinajstić information content (AvgIpc) is 3.65. The lowest BCUT2D eigenvalue weighted by Gasteiger charge is -2.35. The number of likely N-dealkylation sites (tertiary alicyclic amines) is 1. The lowest BCUT2D eigenvalue weighted by atomic mass is 10.00. The van der Waals surface area contributed by atoms with Gasteiger partial charge in [0, 0.05) is 30.6 Å². The predicted molar refractivity (Wildman–Crippen MR) is 161 cm³/mol. The molecule has 0 bridgehead atoms. The molecule has 1 aromatic heterocycles. The van der Waals surface area contributed by atoms with Gasteiger partial charge in [-0.3, -0.25) is 14.4 Å². The van der Waals surface area contributed by atoms with Crippen LogP contribution in [0.2, 0.25) is 0 Å². The van der Waals surface area contributed by atoms with Crippen LogP contribution in [0.25, 0.3) is 10.4 Å². The third-order valence-corrected chi connectivity index (χ3v) is 8.84. The average molecular weight is 609 g/mol. The summed E-state index contributed by atoms with van der Waals surface area (Å²) in [5.41, 5.74) is 4.94. The largest absolute Gasteiger partial charge is 0.491 e. The SMILES string of the molecule is Cc1ncsc1-c1ccc(C(F)NC(=O)C2CC(O)CN2C(=O)C(C(C)C)N2Cc3ccccc3C2=O)c(OC(C)C)c1. The van der Waals surface area contributed by atoms with Crippen molar-refractivity contribution in [2.24, 2.45) is 5.92 Å². The Labute approximate surface area is 254 Å². The number of aliphatic hydroxyl groups is 1. The van der Waals surface area contributed by atoms with Gasteiger partial charge in [0.1, 0.15) is 17.8 Å². The number of fused-ring (bicyclic) bond motifs is 1. The fourth-order valence-corrected chi connectivity index (χ4v) is 6.68. The van der Waals surface area contributed by atoms with Crippen molar-refractivity contribution in [2.45, 2.75) is 78.2 Å². The number of aryl methyl sites for hydroxylation is 1. The van der Waals surface area contributed by atoms with Crippen LogP contribution in [0.1, 0.15) is 67.6 Å². The van der Waals surface area contributed by atoms with Gasteiger partial charge in [0.05, 0.1) is 28.3 Å². The first-order valence-electron chi connectivity index (χ1n) is 14.5. The van der Waals surface area contributed by atoms with Crippen LogP contribution in [0.15, 0.2) is 48.0 Å². The minimum Gasteiger partial charge on any atom is -0.491 e. The summed E-state index contributed by atoms with van der Waals surface area (Å²) in [5, 5.41) is 12.9. The van der Waals surface area contributed by atoms with E-state index in [9.17, 15) is 19.5 Å². The standard InChI is InChI=1S/C32H37FN4O5S/c1-17(2)27(37-14-21-8-6-7-9-23(21)31(37)40)32(41)36-15-22(38)13-25(36)30(39)35-29(33)24-11-10-20(12-26(24)42-18(3)4)28-19(5)34-16-43-28/h6-12,16-18,22,25,27,29,38H,13-15H2,1-5H3,(H,35,39). The number of nitrogens with zero attached hydrogens (tertiary/aromatic N) is 3. The fourth-order valence-electron chi connectivity index (χ4n) is 5.87. The molecule has 3 amide bonds. The zero-order chi connectivity index (χ0) is 31.0. The van der Waals surface area contributed by atoms with Crippen molar-refractivity contribution >= 4 is 29.1 Å². The number of hydrogen-bond donors (Lipinski definition) is 2. The maximum absolute atomic E-state index is 15.8. The summed E-state index contributed by atoms with van der Waals surface area (Å²) < 4.78 is 21.8. The quantitative estimate of drug-likeness (QED) is 0.343. The maximum Gasteiger partial charge on any atom is 0.255 e. The third kappa shape index (κ3) is 6.14. The first-order valence-corrected chi connectivity index (χ1v) is 15.4. The Balaban J connectivity index is 1.36. The van der Waals surface area contributed by atoms with E-state index in [-0.39, 0.29) is 43.0 Å². The number of rotatable bonds is 9. The summed E-state index contributed by atoms with van der Waals surface area (Å²) in [6.45, 7) is 9.43. The molecule has 3 heterocycles. The summed E-state index contributed by atoms with van der Waals surface area (Å²) in [4.78, 5) is 48.7. The molecule has 2 aliphatic heterocycles. The molecule has 2 aromatic carbocycles. The smallest absolute Gasteiger partial charge is 0.255 e. The van der Waals surface area contributed by atoms with Crippen molar-refractivity contribution < 1.29 is 28.6 Å². The van der Waals surface area contributed by atoms with E-state index in [2.05, 4.69) is 10.3 Å². The second-order valence-electron chi connectivity index (χ2n) is 11.7. The Morgan fingerprint density at radius 3 is 2.56 bits per heavy atom. The molecule has 0 spiro atoms. The van der Waals surface area contributed by atoms with Crippen LogP contribution in [-0.2, 0) is 16.1 Å². The molecule has 43 heavy (non-hydrogen) atoms. The number of ether oxygens (including phenoxy) is 1. The monoisotopic (exact) mass is 608 g/mol. The molecule has 0 aliphatic carbocycles. The number of β-amino-alcohol motifs (C(OH)–C–C–N with tert-alkyl or cyclic N) is 1. The number of benzene rings is 2. The van der Waals surface area contributed by atoms with Crippen LogP contribution < -0.4 is 10.1 Å². The first-order chi connectivity index (χ1) is 20.5. The van der Waals surface area contributed by atoms with E-state index in [1.54, 1.807) is 35.8 Å². The van der Waals surface area contributed by atoms with Crippen molar-refractivity contribution in [1.29, 1.82) is 0 Å². The number of alkyl halides is 1. The van der Waals surface area contributed by atoms with E-state index in [0.29, 0.717) is 11.3 Å². The second kappa shape index (κ2) is 12.4. The Bertz CT molecular complexity index is 1520. The van der Waals surface area contributed by atoms with E-state index < -0.39 is 36.3 Å². The normalized spacial score (nSPS) is 19.6. The lowest BCUT2D eigenvalue weighted by Crippen LogP contribution is -2.55. The lowest BCUT2D eigenvalue weighted by molar-refractivity contribution is -0.144. The van der Waals surface area contributed by atoms with Gasteiger partial charge in [0.2, 0.25) is 18.1 Å². The molecule has 228 valence electrons. The van der Waals surface area contributed by atoms with Gasteiger partial charge in [-0.15, -0.1) is 11.3 Å². The Morgan fingerprint density at radius 1 is 1.16 bits per heavy atom. The van der Waals surface area contributed by atoms with E-state index in [1.807, 2.05) is 46.8 Å². The highest BCUT2D eigenvalue weighted by atomic mass is 32.1. The second-order valence-corrected chi connectivity index (χ2v) is 12.6. The molecule has 4 atom stereocenters. The highest BCUT2D eigenvalue weighted by Gasteiger charge is 2.46. The van der Waals surface area contributed by atoms with Gasteiger partial charge in [0.25, 0.3) is 5.91 Å². The van der Waals surface area contributed by atoms with E-state index in [0.717, 1.165) is 21.7 Å². The molecule has 9 nitrogen and oxygen atoms in total.